The number of nitrogens with zero attached hydrogens (tertiary/aromatic N) is 3. The maximum atomic E-state index is 5.56. The van der Waals surface area contributed by atoms with Gasteiger partial charge in [0.1, 0.15) is 5.75 Å². The van der Waals surface area contributed by atoms with E-state index in [1.54, 1.807) is 28.4 Å². The van der Waals surface area contributed by atoms with Crippen LogP contribution in [0.3, 0.4) is 0 Å². The summed E-state index contributed by atoms with van der Waals surface area (Å²) in [5.74, 6) is 3.05. The van der Waals surface area contributed by atoms with Crippen LogP contribution < -0.4 is 23.8 Å². The van der Waals surface area contributed by atoms with E-state index < -0.39 is 0 Å². The van der Waals surface area contributed by atoms with Gasteiger partial charge in [0, 0.05) is 38.8 Å². The number of hydrogen-bond acceptors (Lipinski definition) is 7. The van der Waals surface area contributed by atoms with Gasteiger partial charge >= 0.3 is 0 Å². The lowest BCUT2D eigenvalue weighted by atomic mass is 10.0. The van der Waals surface area contributed by atoms with E-state index in [0.717, 1.165) is 63.1 Å². The standard InChI is InChI=1S/C26H37N3O4/c1-30-23-8-6-5-7-22(23)29-15-13-28(14-16-29)21-9-11-27(12-10-21)19-20-17-24(31-2)26(33-4)25(18-20)32-3/h5-8,17-18,21H,9-16,19H2,1-4H3. The molecule has 0 N–H and O–H groups in total. The van der Waals surface area contributed by atoms with Gasteiger partial charge in [-0.3, -0.25) is 9.80 Å². The van der Waals surface area contributed by atoms with E-state index in [4.69, 9.17) is 18.9 Å². The van der Waals surface area contributed by atoms with Gasteiger partial charge in [-0.2, -0.15) is 0 Å². The molecule has 33 heavy (non-hydrogen) atoms. The van der Waals surface area contributed by atoms with Crippen molar-refractivity contribution in [2.24, 2.45) is 0 Å². The van der Waals surface area contributed by atoms with Crippen molar-refractivity contribution < 1.29 is 18.9 Å². The van der Waals surface area contributed by atoms with E-state index in [-0.39, 0.29) is 0 Å². The molecule has 2 heterocycles. The first kappa shape index (κ1) is 23.5. The van der Waals surface area contributed by atoms with Crippen LogP contribution in [0.2, 0.25) is 0 Å². The van der Waals surface area contributed by atoms with E-state index in [2.05, 4.69) is 39.0 Å². The Kier molecular flexibility index (Phi) is 7.83. The van der Waals surface area contributed by atoms with Crippen molar-refractivity contribution in [1.29, 1.82) is 0 Å². The Hall–Kier alpha value is -2.64. The fourth-order valence-corrected chi connectivity index (χ4v) is 5.15. The quantitative estimate of drug-likeness (QED) is 0.604. The van der Waals surface area contributed by atoms with E-state index >= 15 is 0 Å². The van der Waals surface area contributed by atoms with E-state index in [0.29, 0.717) is 11.8 Å². The molecule has 2 saturated heterocycles. The monoisotopic (exact) mass is 455 g/mol. The molecule has 2 aliphatic heterocycles. The summed E-state index contributed by atoms with van der Waals surface area (Å²) in [5.41, 5.74) is 2.40. The van der Waals surface area contributed by atoms with Gasteiger partial charge in [-0.15, -0.1) is 0 Å². The molecule has 0 bridgehead atoms. The van der Waals surface area contributed by atoms with Crippen molar-refractivity contribution in [1.82, 2.24) is 9.80 Å². The molecule has 0 unspecified atom stereocenters. The lowest BCUT2D eigenvalue weighted by Crippen LogP contribution is -2.53. The third kappa shape index (κ3) is 5.31. The number of ether oxygens (including phenoxy) is 4. The summed E-state index contributed by atoms with van der Waals surface area (Å²) in [5, 5.41) is 0. The number of hydrogen-bond donors (Lipinski definition) is 0. The van der Waals surface area contributed by atoms with Crippen LogP contribution >= 0.6 is 0 Å². The Balaban J connectivity index is 1.29. The summed E-state index contributed by atoms with van der Waals surface area (Å²) in [6.07, 6.45) is 2.41. The average molecular weight is 456 g/mol. The number of piperidine rings is 1. The lowest BCUT2D eigenvalue weighted by molar-refractivity contribution is 0.0996. The van der Waals surface area contributed by atoms with Crippen molar-refractivity contribution in [3.05, 3.63) is 42.0 Å². The van der Waals surface area contributed by atoms with E-state index in [1.165, 1.54) is 24.1 Å². The van der Waals surface area contributed by atoms with Gasteiger partial charge in [0.05, 0.1) is 34.1 Å². The third-order valence-corrected chi connectivity index (χ3v) is 6.94. The molecule has 0 atom stereocenters. The molecule has 2 aromatic rings. The molecular formula is C26H37N3O4. The van der Waals surface area contributed by atoms with E-state index in [9.17, 15) is 0 Å². The molecule has 2 fully saturated rings. The number of para-hydroxylation sites is 2. The maximum absolute atomic E-state index is 5.56. The van der Waals surface area contributed by atoms with Crippen LogP contribution in [0.25, 0.3) is 0 Å². The Morgan fingerprint density at radius 1 is 0.727 bits per heavy atom. The first-order valence-electron chi connectivity index (χ1n) is 11.8. The second-order valence-electron chi connectivity index (χ2n) is 8.74. The van der Waals surface area contributed by atoms with Crippen LogP contribution in [0.5, 0.6) is 23.0 Å². The average Bonchev–Trinajstić information content (AvgIpc) is 2.88. The Morgan fingerprint density at radius 2 is 1.33 bits per heavy atom. The van der Waals surface area contributed by atoms with Crippen LogP contribution in [-0.2, 0) is 6.54 Å². The highest BCUT2D eigenvalue weighted by Crippen LogP contribution is 2.38. The molecule has 2 aromatic carbocycles. The molecule has 2 aliphatic rings. The third-order valence-electron chi connectivity index (χ3n) is 6.94. The van der Waals surface area contributed by atoms with Crippen LogP contribution in [0.1, 0.15) is 18.4 Å². The van der Waals surface area contributed by atoms with Crippen molar-refractivity contribution >= 4 is 5.69 Å². The summed E-state index contributed by atoms with van der Waals surface area (Å²) < 4.78 is 22.1. The molecule has 0 spiro atoms. The summed E-state index contributed by atoms with van der Waals surface area (Å²) in [6, 6.07) is 13.1. The summed E-state index contributed by atoms with van der Waals surface area (Å²) in [7, 11) is 6.72. The van der Waals surface area contributed by atoms with Crippen LogP contribution in [0.15, 0.2) is 36.4 Å². The first-order chi connectivity index (χ1) is 16.2. The van der Waals surface area contributed by atoms with Crippen LogP contribution in [0, 0.1) is 0 Å². The molecular weight excluding hydrogens is 418 g/mol. The summed E-state index contributed by atoms with van der Waals surface area (Å²) in [4.78, 5) is 7.67. The van der Waals surface area contributed by atoms with Crippen LogP contribution in [-0.4, -0.2) is 83.5 Å². The Labute approximate surface area is 197 Å². The van der Waals surface area contributed by atoms with Gasteiger partial charge in [0.25, 0.3) is 0 Å². The minimum absolute atomic E-state index is 0.648. The SMILES string of the molecule is COc1ccccc1N1CCN(C2CCN(Cc3cc(OC)c(OC)c(OC)c3)CC2)CC1. The number of piperazine rings is 1. The fourth-order valence-electron chi connectivity index (χ4n) is 5.15. The molecule has 7 nitrogen and oxygen atoms in total. The first-order valence-corrected chi connectivity index (χ1v) is 11.8. The maximum Gasteiger partial charge on any atom is 0.203 e. The largest absolute Gasteiger partial charge is 0.495 e. The van der Waals surface area contributed by atoms with Crippen molar-refractivity contribution in [2.45, 2.75) is 25.4 Å². The normalized spacial score (nSPS) is 18.2. The van der Waals surface area contributed by atoms with Crippen molar-refractivity contribution in [3.8, 4) is 23.0 Å². The van der Waals surface area contributed by atoms with Gasteiger partial charge in [0.2, 0.25) is 5.75 Å². The predicted octanol–water partition coefficient (Wildman–Crippen LogP) is 3.51. The minimum Gasteiger partial charge on any atom is -0.495 e. The number of anilines is 1. The zero-order valence-electron chi connectivity index (χ0n) is 20.4. The Bertz CT molecular complexity index is 881. The van der Waals surface area contributed by atoms with Gasteiger partial charge in [-0.05, 0) is 55.8 Å². The smallest absolute Gasteiger partial charge is 0.203 e. The number of rotatable bonds is 8. The topological polar surface area (TPSA) is 46.6 Å². The predicted molar refractivity (Wildman–Crippen MR) is 131 cm³/mol. The van der Waals surface area contributed by atoms with Gasteiger partial charge in [0.15, 0.2) is 11.5 Å². The van der Waals surface area contributed by atoms with Crippen molar-refractivity contribution in [3.63, 3.8) is 0 Å². The van der Waals surface area contributed by atoms with E-state index in [1.807, 2.05) is 12.1 Å². The van der Waals surface area contributed by atoms with Gasteiger partial charge in [-0.1, -0.05) is 12.1 Å². The van der Waals surface area contributed by atoms with Crippen LogP contribution in [0.4, 0.5) is 5.69 Å². The number of methoxy groups -OCH3 is 4. The molecule has 0 amide bonds. The molecule has 7 heteroatoms. The second-order valence-corrected chi connectivity index (χ2v) is 8.74. The molecule has 0 aliphatic carbocycles. The molecule has 0 saturated carbocycles. The molecule has 4 rings (SSSR count). The number of likely N-dealkylation sites (tertiary alicyclic amines) is 1. The van der Waals surface area contributed by atoms with Gasteiger partial charge in [-0.25, -0.2) is 0 Å². The lowest BCUT2D eigenvalue weighted by Gasteiger charge is -2.43. The molecule has 0 radical (unpaired) electrons. The Morgan fingerprint density at radius 3 is 1.91 bits per heavy atom. The zero-order valence-corrected chi connectivity index (χ0v) is 20.4. The highest BCUT2D eigenvalue weighted by atomic mass is 16.5. The highest BCUT2D eigenvalue weighted by Gasteiger charge is 2.28. The highest BCUT2D eigenvalue weighted by molar-refractivity contribution is 5.58. The second kappa shape index (κ2) is 11.0. The van der Waals surface area contributed by atoms with Gasteiger partial charge < -0.3 is 23.8 Å². The minimum atomic E-state index is 0.648. The zero-order chi connectivity index (χ0) is 23.2. The molecule has 180 valence electrons. The summed E-state index contributed by atoms with van der Waals surface area (Å²) >= 11 is 0. The number of benzene rings is 2. The van der Waals surface area contributed by atoms with Crippen molar-refractivity contribution in [2.75, 3.05) is 72.6 Å². The summed E-state index contributed by atoms with van der Waals surface area (Å²) in [6.45, 7) is 7.41. The fraction of sp³-hybridized carbons (Fsp3) is 0.538. The molecule has 0 aromatic heterocycles.